The van der Waals surface area contributed by atoms with Crippen LogP contribution in [0.5, 0.6) is 46.0 Å². The molecule has 6 heterocycles. The van der Waals surface area contributed by atoms with Crippen LogP contribution in [0.1, 0.15) is 40.0 Å². The summed E-state index contributed by atoms with van der Waals surface area (Å²) >= 11 is 0. The summed E-state index contributed by atoms with van der Waals surface area (Å²) in [5.74, 6) is 5.96. The van der Waals surface area contributed by atoms with Gasteiger partial charge in [-0.3, -0.25) is 13.7 Å². The summed E-state index contributed by atoms with van der Waals surface area (Å²) in [6.07, 6.45) is 5.30. The highest BCUT2D eigenvalue weighted by Gasteiger charge is 2.47. The SMILES string of the molecule is [2H]c1c([2H])c([2H])c(-c2cccc(-c3c([2H])c([2H])c([2H])c([2H])c3[2H])c2-[n+]2[c-]n(-c3cccc(Oc4ccc5c6c7c8c(cc6n(-c6cc(C(C)(C)C)ccn6)c5c4)Oc4cccc5c4B8c4c(cccc4O7)O5)c3)c3ccccc32)c([2H])c1[2H]. The fourth-order valence-corrected chi connectivity index (χ4v) is 10.8. The van der Waals surface area contributed by atoms with Crippen molar-refractivity contribution in [3.05, 3.63) is 218 Å². The van der Waals surface area contributed by atoms with Gasteiger partial charge in [0.25, 0.3) is 13.0 Å². The van der Waals surface area contributed by atoms with E-state index in [1.807, 2.05) is 115 Å². The molecule has 346 valence electrons. The molecule has 0 saturated carbocycles. The molecule has 3 aliphatic heterocycles. The van der Waals surface area contributed by atoms with E-state index < -0.39 is 60.4 Å². The van der Waals surface area contributed by atoms with Gasteiger partial charge in [-0.15, -0.1) is 0 Å². The van der Waals surface area contributed by atoms with E-state index in [-0.39, 0.29) is 40.1 Å². The summed E-state index contributed by atoms with van der Waals surface area (Å²) in [6, 6.07) is 38.3. The summed E-state index contributed by atoms with van der Waals surface area (Å²) in [6.45, 7) is 6.32. The van der Waals surface area contributed by atoms with Crippen molar-refractivity contribution in [2.75, 3.05) is 0 Å². The van der Waals surface area contributed by atoms with Crippen LogP contribution in [0.3, 0.4) is 0 Å². The number of fused-ring (bicyclic) bond motifs is 5. The highest BCUT2D eigenvalue weighted by molar-refractivity contribution is 6.99. The lowest BCUT2D eigenvalue weighted by molar-refractivity contribution is -0.571. The average molecular weight is 953 g/mol. The fraction of sp³-hybridized carbons (Fsp3) is 0.0625. The molecule has 9 aromatic carbocycles. The standard InChI is InChI=1S/C64H43BN4O4/c1-64(2,3)41-32-33-66-57(34-41)69-50-36-44(30-31-47(50)58-51(69)37-56-61-63(58)73-55-29-15-27-53-60(55)65(61)59-52(71-53)26-14-28-54(59)72-56)70-43-21-12-20-42(35-43)67-38-68(49-25-11-10-24-48(49)67)62-45(39-16-6-4-7-17-39)22-13-23-46(62)40-18-8-5-9-19-40/h4-37H,1-3H3/i4D,5D,6D,7D,8D,9D,16D,17D,18D,19D. The lowest BCUT2D eigenvalue weighted by Crippen LogP contribution is -2.59. The maximum absolute atomic E-state index is 9.09. The number of hydrogen-bond acceptors (Lipinski definition) is 5. The summed E-state index contributed by atoms with van der Waals surface area (Å²) in [5, 5.41) is 1.78. The normalized spacial score (nSPS) is 14.8. The van der Waals surface area contributed by atoms with E-state index in [1.54, 1.807) is 27.3 Å². The minimum atomic E-state index is -0.577. The first-order valence-corrected chi connectivity index (χ1v) is 23.9. The second kappa shape index (κ2) is 15.6. The van der Waals surface area contributed by atoms with Crippen LogP contribution in [0.15, 0.2) is 206 Å². The number of aromatic nitrogens is 4. The van der Waals surface area contributed by atoms with E-state index in [0.29, 0.717) is 51.3 Å². The van der Waals surface area contributed by atoms with E-state index >= 15 is 0 Å². The van der Waals surface area contributed by atoms with E-state index in [9.17, 15) is 0 Å². The van der Waals surface area contributed by atoms with Crippen LogP contribution in [0.4, 0.5) is 0 Å². The van der Waals surface area contributed by atoms with Gasteiger partial charge >= 0.3 is 0 Å². The number of hydrogen-bond donors (Lipinski definition) is 0. The third kappa shape index (κ3) is 6.34. The van der Waals surface area contributed by atoms with Gasteiger partial charge in [0.2, 0.25) is 0 Å². The number of rotatable bonds is 7. The van der Waals surface area contributed by atoms with Gasteiger partial charge in [-0.2, -0.15) is 0 Å². The molecule has 3 aliphatic rings. The van der Waals surface area contributed by atoms with Crippen LogP contribution < -0.4 is 39.9 Å². The van der Waals surface area contributed by atoms with Gasteiger partial charge < -0.3 is 18.9 Å². The summed E-state index contributed by atoms with van der Waals surface area (Å²) in [5.41, 5.74) is 7.30. The number of nitrogens with zero attached hydrogens (tertiary/aromatic N) is 4. The fourth-order valence-electron chi connectivity index (χ4n) is 10.8. The Hall–Kier alpha value is -9.34. The van der Waals surface area contributed by atoms with Crippen molar-refractivity contribution in [3.8, 4) is 85.4 Å². The Balaban J connectivity index is 0.901. The number of ether oxygens (including phenoxy) is 4. The minimum Gasteiger partial charge on any atom is -0.458 e. The molecule has 0 atom stereocenters. The van der Waals surface area contributed by atoms with Crippen LogP contribution in [-0.4, -0.2) is 20.8 Å². The minimum absolute atomic E-state index is 0.144. The zero-order valence-electron chi connectivity index (χ0n) is 49.4. The van der Waals surface area contributed by atoms with Crippen molar-refractivity contribution in [1.29, 1.82) is 0 Å². The molecule has 3 aromatic heterocycles. The molecule has 15 rings (SSSR count). The van der Waals surface area contributed by atoms with Gasteiger partial charge in [0.15, 0.2) is 0 Å². The number of para-hydroxylation sites is 3. The van der Waals surface area contributed by atoms with Crippen molar-refractivity contribution in [1.82, 2.24) is 14.1 Å². The molecule has 0 fully saturated rings. The Kier molecular flexibility index (Phi) is 6.94. The van der Waals surface area contributed by atoms with Gasteiger partial charge in [0, 0.05) is 40.1 Å². The van der Waals surface area contributed by atoms with E-state index in [2.05, 4.69) is 43.8 Å². The molecule has 0 aliphatic carbocycles. The van der Waals surface area contributed by atoms with Crippen LogP contribution in [-0.2, 0) is 5.41 Å². The molecule has 0 saturated heterocycles. The summed E-state index contributed by atoms with van der Waals surface area (Å²) in [7, 11) is 0. The maximum Gasteiger partial charge on any atom is 0.270 e. The Morgan fingerprint density at radius 3 is 1.95 bits per heavy atom. The van der Waals surface area contributed by atoms with Gasteiger partial charge in [-0.05, 0) is 100.0 Å². The van der Waals surface area contributed by atoms with Gasteiger partial charge in [0.05, 0.1) is 52.5 Å². The van der Waals surface area contributed by atoms with Crippen LogP contribution in [0.2, 0.25) is 0 Å². The van der Waals surface area contributed by atoms with Crippen molar-refractivity contribution in [3.63, 3.8) is 0 Å². The second-order valence-corrected chi connectivity index (χ2v) is 19.3. The third-order valence-electron chi connectivity index (χ3n) is 14.1. The first-order valence-electron chi connectivity index (χ1n) is 28.9. The lowest BCUT2D eigenvalue weighted by Gasteiger charge is -2.37. The first kappa shape index (κ1) is 32.5. The predicted molar refractivity (Wildman–Crippen MR) is 290 cm³/mol. The molecule has 0 spiro atoms. The van der Waals surface area contributed by atoms with Crippen LogP contribution >= 0.6 is 0 Å². The lowest BCUT2D eigenvalue weighted by atomic mass is 9.34. The second-order valence-electron chi connectivity index (χ2n) is 19.3. The van der Waals surface area contributed by atoms with Gasteiger partial charge in [-0.25, -0.2) is 4.98 Å². The average Bonchev–Trinajstić information content (AvgIpc) is 2.20. The Labute approximate surface area is 435 Å². The monoisotopic (exact) mass is 952 g/mol. The van der Waals surface area contributed by atoms with E-state index in [4.69, 9.17) is 37.6 Å². The van der Waals surface area contributed by atoms with Crippen LogP contribution in [0, 0.1) is 6.33 Å². The van der Waals surface area contributed by atoms with Crippen molar-refractivity contribution >= 4 is 55.9 Å². The molecule has 0 bridgehead atoms. The molecule has 8 nitrogen and oxygen atoms in total. The predicted octanol–water partition coefficient (Wildman–Crippen LogP) is 13.5. The summed E-state index contributed by atoms with van der Waals surface area (Å²) < 4.78 is 120. The highest BCUT2D eigenvalue weighted by Crippen LogP contribution is 2.48. The zero-order valence-corrected chi connectivity index (χ0v) is 39.4. The Bertz CT molecular complexity index is 4740. The smallest absolute Gasteiger partial charge is 0.270 e. The summed E-state index contributed by atoms with van der Waals surface area (Å²) in [4.78, 5) is 5.01. The molecular formula is C64H43BN4O4. The highest BCUT2D eigenvalue weighted by atomic mass is 16.5. The maximum atomic E-state index is 9.09. The van der Waals surface area contributed by atoms with Gasteiger partial charge in [-0.1, -0.05) is 142 Å². The van der Waals surface area contributed by atoms with Crippen molar-refractivity contribution in [2.24, 2.45) is 0 Å². The molecular weight excluding hydrogens is 900 g/mol. The molecule has 0 N–H and O–H groups in total. The number of imidazole rings is 1. The third-order valence-corrected chi connectivity index (χ3v) is 14.1. The molecule has 12 aromatic rings. The molecule has 0 amide bonds. The molecule has 0 unspecified atom stereocenters. The molecule has 9 heteroatoms. The quantitative estimate of drug-likeness (QED) is 0.0905. The zero-order chi connectivity index (χ0) is 57.2. The van der Waals surface area contributed by atoms with Gasteiger partial charge in [0.1, 0.15) is 51.8 Å². The van der Waals surface area contributed by atoms with E-state index in [0.717, 1.165) is 61.0 Å². The number of pyridine rings is 1. The molecule has 0 radical (unpaired) electrons. The first-order chi connectivity index (χ1) is 40.0. The molecule has 73 heavy (non-hydrogen) atoms. The van der Waals surface area contributed by atoms with Crippen molar-refractivity contribution in [2.45, 2.75) is 26.2 Å². The van der Waals surface area contributed by atoms with E-state index in [1.165, 1.54) is 0 Å². The van der Waals surface area contributed by atoms with Crippen molar-refractivity contribution < 1.29 is 37.2 Å². The topological polar surface area (TPSA) is 63.6 Å². The van der Waals surface area contributed by atoms with Crippen LogP contribution in [0.25, 0.3) is 72.3 Å². The Morgan fingerprint density at radius 1 is 0.589 bits per heavy atom. The largest absolute Gasteiger partial charge is 0.458 e. The Morgan fingerprint density at radius 2 is 1.23 bits per heavy atom. The number of benzene rings is 9.